The molecule has 0 aromatic carbocycles. The Balaban J connectivity index is -0.0000000385. The number of nitrogens with one attached hydrogen (secondary N) is 1. The van der Waals surface area contributed by atoms with Crippen molar-refractivity contribution < 1.29 is 0 Å². The maximum Gasteiger partial charge on any atom is 0.111 e. The molecule has 122 valence electrons. The van der Waals surface area contributed by atoms with Gasteiger partial charge < -0.3 is 4.98 Å². The van der Waals surface area contributed by atoms with E-state index in [-0.39, 0.29) is 42.5 Å². The Kier molecular flexibility index (Phi) is 26.0. The van der Waals surface area contributed by atoms with E-state index < -0.39 is 0 Å². The van der Waals surface area contributed by atoms with Gasteiger partial charge in [0.15, 0.2) is 0 Å². The van der Waals surface area contributed by atoms with Crippen LogP contribution in [0.2, 0.25) is 0 Å². The predicted molar refractivity (Wildman–Crippen MR) is 96.1 cm³/mol. The van der Waals surface area contributed by atoms with Gasteiger partial charge >= 0.3 is 0 Å². The van der Waals surface area contributed by atoms with Gasteiger partial charge in [0.1, 0.15) is 5.82 Å². The number of aromatic nitrogens is 2. The Morgan fingerprint density at radius 2 is 1.11 bits per heavy atom. The minimum absolute atomic E-state index is 0. The summed E-state index contributed by atoms with van der Waals surface area (Å²) >= 11 is 0. The molecule has 0 atom stereocenters. The van der Waals surface area contributed by atoms with Crippen LogP contribution in [0.15, 0.2) is 12.4 Å². The quantitative estimate of drug-likeness (QED) is 0.546. The molecule has 2 nitrogen and oxygen atoms in total. The average molecular weight is 277 g/mol. The van der Waals surface area contributed by atoms with Crippen LogP contribution in [0.4, 0.5) is 0 Å². The molecule has 0 aliphatic rings. The second-order valence-corrected chi connectivity index (χ2v) is 6.19. The zero-order valence-corrected chi connectivity index (χ0v) is 10.6. The largest absolute Gasteiger partial charge is 0.348 e. The summed E-state index contributed by atoms with van der Waals surface area (Å²) < 4.78 is 0. The molecule has 0 spiro atoms. The molecule has 2 heteroatoms. The van der Waals surface area contributed by atoms with Crippen molar-refractivity contribution in [2.24, 2.45) is 5.41 Å². The lowest BCUT2D eigenvalue weighted by atomic mass is 9.96. The lowest BCUT2D eigenvalue weighted by molar-refractivity contribution is 0.469. The van der Waals surface area contributed by atoms with E-state index in [9.17, 15) is 0 Å². The number of imidazole rings is 1. The number of hydrogen-bond donors (Lipinski definition) is 1. The molecule has 0 bridgehead atoms. The van der Waals surface area contributed by atoms with E-state index in [1.165, 1.54) is 0 Å². The van der Waals surface area contributed by atoms with Crippen molar-refractivity contribution in [2.75, 3.05) is 0 Å². The number of rotatable bonds is 0. The molecule has 0 saturated carbocycles. The third-order valence-electron chi connectivity index (χ3n) is 1.21. The van der Waals surface area contributed by atoms with E-state index in [4.69, 9.17) is 0 Å². The summed E-state index contributed by atoms with van der Waals surface area (Å²) in [6, 6.07) is 0. The summed E-state index contributed by atoms with van der Waals surface area (Å²) in [5.41, 5.74) is 0.656. The fourth-order valence-corrected chi connectivity index (χ4v) is 0.675. The normalized spacial score (nSPS) is 8.79. The molecule has 1 aromatic heterocycles. The van der Waals surface area contributed by atoms with Crippen LogP contribution < -0.4 is 0 Å². The number of aromatic amines is 1. The van der Waals surface area contributed by atoms with Crippen molar-refractivity contribution in [2.45, 2.75) is 91.0 Å². The maximum absolute atomic E-state index is 4.13. The van der Waals surface area contributed by atoms with Gasteiger partial charge in [0.25, 0.3) is 0 Å². The first-order valence-corrected chi connectivity index (χ1v) is 5.10. The van der Waals surface area contributed by atoms with Gasteiger partial charge in [-0.05, 0) is 5.41 Å². The van der Waals surface area contributed by atoms with Gasteiger partial charge in [-0.25, -0.2) is 4.98 Å². The molecular formula is C17H44N2. The van der Waals surface area contributed by atoms with Gasteiger partial charge in [-0.1, -0.05) is 85.6 Å². The minimum Gasteiger partial charge on any atom is -0.348 e. The lowest BCUT2D eigenvalue weighted by Crippen LogP contribution is -2.12. The second kappa shape index (κ2) is 13.6. The van der Waals surface area contributed by atoms with Gasteiger partial charge in [0.05, 0.1) is 0 Å². The van der Waals surface area contributed by atoms with Gasteiger partial charge in [-0.3, -0.25) is 0 Å². The third kappa shape index (κ3) is 26.7. The first-order valence-electron chi connectivity index (χ1n) is 5.10. The number of hydrogen-bond acceptors (Lipinski definition) is 1. The van der Waals surface area contributed by atoms with Crippen molar-refractivity contribution in [3.63, 3.8) is 0 Å². The molecule has 1 N–H and O–H groups in total. The summed E-state index contributed by atoms with van der Waals surface area (Å²) in [5, 5.41) is 0. The molecule has 0 amide bonds. The van der Waals surface area contributed by atoms with Crippen LogP contribution in [-0.2, 0) is 5.41 Å². The summed E-state index contributed by atoms with van der Waals surface area (Å²) in [6.07, 6.45) is 3.63. The van der Waals surface area contributed by atoms with Crippen LogP contribution in [0.25, 0.3) is 0 Å². The fraction of sp³-hybridized carbons (Fsp3) is 0.824. The van der Waals surface area contributed by atoms with Crippen molar-refractivity contribution >= 4 is 0 Å². The molecule has 19 heavy (non-hydrogen) atoms. The van der Waals surface area contributed by atoms with Crippen LogP contribution in [0.1, 0.15) is 91.4 Å². The smallest absolute Gasteiger partial charge is 0.111 e. The Morgan fingerprint density at radius 3 is 1.21 bits per heavy atom. The van der Waals surface area contributed by atoms with E-state index in [1.54, 1.807) is 6.20 Å². The standard InChI is InChI=1S/C7H12N2.C5H12.5CH4/c1-7(2,3)6-8-4-5-9-6;1-5(2,3)4;;;;;/h4-5H,1-3H3,(H,8,9);1-4H3;5*1H4. The Bertz CT molecular complexity index is 229. The molecule has 1 heterocycles. The summed E-state index contributed by atoms with van der Waals surface area (Å²) in [7, 11) is 0. The molecule has 0 saturated heterocycles. The molecule has 1 aromatic rings. The number of nitrogens with zero attached hydrogens (tertiary/aromatic N) is 1. The highest BCUT2D eigenvalue weighted by Gasteiger charge is 2.14. The van der Waals surface area contributed by atoms with Crippen molar-refractivity contribution in [1.29, 1.82) is 0 Å². The molecule has 0 fully saturated rings. The van der Waals surface area contributed by atoms with Gasteiger partial charge in [0, 0.05) is 17.8 Å². The fourth-order valence-electron chi connectivity index (χ4n) is 0.675. The average Bonchev–Trinajstić information content (AvgIpc) is 2.28. The Hall–Kier alpha value is -0.790. The summed E-state index contributed by atoms with van der Waals surface area (Å²) in [6.45, 7) is 15.1. The van der Waals surface area contributed by atoms with Crippen molar-refractivity contribution in [3.8, 4) is 0 Å². The maximum atomic E-state index is 4.13. The molecular weight excluding hydrogens is 232 g/mol. The highest BCUT2D eigenvalue weighted by Crippen LogP contribution is 2.16. The lowest BCUT2D eigenvalue weighted by Gasteiger charge is -2.13. The zero-order valence-electron chi connectivity index (χ0n) is 10.6. The summed E-state index contributed by atoms with van der Waals surface area (Å²) in [4.78, 5) is 7.20. The van der Waals surface area contributed by atoms with Crippen molar-refractivity contribution in [1.82, 2.24) is 9.97 Å². The zero-order chi connectivity index (χ0) is 11.4. The van der Waals surface area contributed by atoms with Crippen LogP contribution >= 0.6 is 0 Å². The molecule has 0 radical (unpaired) electrons. The second-order valence-electron chi connectivity index (χ2n) is 6.19. The van der Waals surface area contributed by atoms with Gasteiger partial charge in [0.2, 0.25) is 0 Å². The SMILES string of the molecule is C.C.C.C.C.CC(C)(C)C.CC(C)(C)c1ncc[nH]1. The predicted octanol–water partition coefficient (Wildman–Crippen LogP) is 6.94. The highest BCUT2D eigenvalue weighted by molar-refractivity contribution is 5.00. The van der Waals surface area contributed by atoms with Crippen LogP contribution in [0.3, 0.4) is 0 Å². The number of H-pyrrole nitrogens is 1. The van der Waals surface area contributed by atoms with Crippen LogP contribution in [0, 0.1) is 5.41 Å². The van der Waals surface area contributed by atoms with Crippen LogP contribution in [-0.4, -0.2) is 9.97 Å². The molecule has 0 unspecified atom stereocenters. The van der Waals surface area contributed by atoms with Gasteiger partial charge in [-0.2, -0.15) is 0 Å². The molecule has 0 aliphatic carbocycles. The van der Waals surface area contributed by atoms with E-state index in [0.29, 0.717) is 5.41 Å². The first-order chi connectivity index (χ1) is 6.11. The minimum atomic E-state index is 0. The van der Waals surface area contributed by atoms with E-state index in [1.807, 2.05) is 6.20 Å². The third-order valence-corrected chi connectivity index (χ3v) is 1.21. The first kappa shape index (κ1) is 36.2. The van der Waals surface area contributed by atoms with E-state index >= 15 is 0 Å². The monoisotopic (exact) mass is 276 g/mol. The van der Waals surface area contributed by atoms with Crippen molar-refractivity contribution in [3.05, 3.63) is 18.2 Å². The van der Waals surface area contributed by atoms with Gasteiger partial charge in [-0.15, -0.1) is 0 Å². The van der Waals surface area contributed by atoms with E-state index in [0.717, 1.165) is 5.82 Å². The Morgan fingerprint density at radius 1 is 0.789 bits per heavy atom. The molecule has 1 rings (SSSR count). The highest BCUT2D eigenvalue weighted by atomic mass is 14.9. The van der Waals surface area contributed by atoms with Crippen LogP contribution in [0.5, 0.6) is 0 Å². The van der Waals surface area contributed by atoms with E-state index in [2.05, 4.69) is 58.4 Å². The summed E-state index contributed by atoms with van der Waals surface area (Å²) in [5.74, 6) is 1.04. The topological polar surface area (TPSA) is 28.7 Å². The molecule has 0 aliphatic heterocycles. The Labute approximate surface area is 125 Å².